The summed E-state index contributed by atoms with van der Waals surface area (Å²) in [4.78, 5) is 25.3. The Kier molecular flexibility index (Phi) is 8.46. The van der Waals surface area contributed by atoms with Crippen LogP contribution in [0.3, 0.4) is 0 Å². The topological polar surface area (TPSA) is 93.8 Å². The van der Waals surface area contributed by atoms with Gasteiger partial charge in [-0.1, -0.05) is 26.0 Å². The number of piperazine rings is 1. The molecule has 1 saturated heterocycles. The Bertz CT molecular complexity index is 1310. The molecule has 202 valence electrons. The minimum absolute atomic E-state index is 0.226. The van der Waals surface area contributed by atoms with Crippen LogP contribution in [0.1, 0.15) is 42.1 Å². The van der Waals surface area contributed by atoms with E-state index in [4.69, 9.17) is 25.2 Å². The number of rotatable bonds is 9. The molecule has 8 nitrogen and oxygen atoms in total. The van der Waals surface area contributed by atoms with E-state index in [0.717, 1.165) is 28.4 Å². The van der Waals surface area contributed by atoms with Crippen LogP contribution in [0.5, 0.6) is 11.5 Å². The summed E-state index contributed by atoms with van der Waals surface area (Å²) in [7, 11) is 1.54. The number of benzene rings is 2. The number of hydrogen-bond donors (Lipinski definition) is 1. The quantitative estimate of drug-likeness (QED) is 0.451. The molecule has 3 aromatic rings. The lowest BCUT2D eigenvalue weighted by atomic mass is 10.0. The maximum absolute atomic E-state index is 14.2. The second-order valence-electron chi connectivity index (χ2n) is 9.98. The molecule has 9 heteroatoms. The van der Waals surface area contributed by atoms with E-state index in [1.54, 1.807) is 6.07 Å². The lowest BCUT2D eigenvalue weighted by molar-refractivity contribution is -0.119. The fourth-order valence-corrected chi connectivity index (χ4v) is 4.61. The minimum atomic E-state index is -0.392. The first-order valence-electron chi connectivity index (χ1n) is 12.9. The fourth-order valence-electron chi connectivity index (χ4n) is 4.61. The highest BCUT2D eigenvalue weighted by atomic mass is 19.1. The van der Waals surface area contributed by atoms with E-state index in [1.807, 2.05) is 18.7 Å². The zero-order valence-electron chi connectivity index (χ0n) is 22.8. The number of methoxy groups -OCH3 is 1. The van der Waals surface area contributed by atoms with Crippen LogP contribution in [-0.4, -0.2) is 60.6 Å². The van der Waals surface area contributed by atoms with Gasteiger partial charge in [-0.05, 0) is 55.2 Å². The van der Waals surface area contributed by atoms with E-state index in [0.29, 0.717) is 49.2 Å². The van der Waals surface area contributed by atoms with Gasteiger partial charge in [0.25, 0.3) is 0 Å². The summed E-state index contributed by atoms with van der Waals surface area (Å²) < 4.78 is 26.0. The lowest BCUT2D eigenvalue weighted by Crippen LogP contribution is -2.49. The Morgan fingerprint density at radius 2 is 1.79 bits per heavy atom. The highest BCUT2D eigenvalue weighted by Crippen LogP contribution is 2.33. The first kappa shape index (κ1) is 27.3. The Labute approximate surface area is 223 Å². The summed E-state index contributed by atoms with van der Waals surface area (Å²) in [5, 5.41) is 0. The van der Waals surface area contributed by atoms with Crippen molar-refractivity contribution in [3.8, 4) is 22.9 Å². The standard InChI is InChI=1S/C29H36FN5O3/c1-18(2)21-7-6-19(3)26(14-21)38-17-24-20(4)32-28(23-15-22(30)8-9-25(23)37-5)33-29(24)35-12-10-34(11-13-35)16-27(31)36/h6-9,14-15,18H,10-13,16-17H2,1-5H3,(H2,31,36). The number of carbonyl (C=O) groups is 1. The predicted molar refractivity (Wildman–Crippen MR) is 146 cm³/mol. The van der Waals surface area contributed by atoms with Crippen LogP contribution in [0.25, 0.3) is 11.4 Å². The first-order valence-corrected chi connectivity index (χ1v) is 12.9. The number of hydrogen-bond acceptors (Lipinski definition) is 7. The smallest absolute Gasteiger partial charge is 0.231 e. The van der Waals surface area contributed by atoms with Gasteiger partial charge in [-0.25, -0.2) is 14.4 Å². The number of carbonyl (C=O) groups excluding carboxylic acids is 1. The molecule has 0 radical (unpaired) electrons. The molecule has 0 atom stereocenters. The molecule has 2 heterocycles. The van der Waals surface area contributed by atoms with Gasteiger partial charge in [-0.3, -0.25) is 9.69 Å². The third kappa shape index (κ3) is 6.22. The van der Waals surface area contributed by atoms with Crippen LogP contribution in [-0.2, 0) is 11.4 Å². The Morgan fingerprint density at radius 3 is 2.45 bits per heavy atom. The minimum Gasteiger partial charge on any atom is -0.496 e. The zero-order chi connectivity index (χ0) is 27.4. The number of nitrogens with two attached hydrogens (primary N) is 1. The largest absolute Gasteiger partial charge is 0.496 e. The molecular formula is C29H36FN5O3. The number of anilines is 1. The Morgan fingerprint density at radius 1 is 1.05 bits per heavy atom. The second-order valence-corrected chi connectivity index (χ2v) is 9.98. The molecule has 1 aliphatic rings. The highest BCUT2D eigenvalue weighted by molar-refractivity contribution is 5.76. The van der Waals surface area contributed by atoms with E-state index in [-0.39, 0.29) is 19.1 Å². The fraction of sp³-hybridized carbons (Fsp3) is 0.414. The number of primary amides is 1. The van der Waals surface area contributed by atoms with E-state index < -0.39 is 5.82 Å². The van der Waals surface area contributed by atoms with Crippen molar-refractivity contribution >= 4 is 11.7 Å². The molecule has 0 unspecified atom stereocenters. The van der Waals surface area contributed by atoms with Crippen molar-refractivity contribution in [1.29, 1.82) is 0 Å². The molecular weight excluding hydrogens is 485 g/mol. The third-order valence-corrected chi connectivity index (χ3v) is 6.90. The van der Waals surface area contributed by atoms with Gasteiger partial charge in [-0.15, -0.1) is 0 Å². The molecule has 0 bridgehead atoms. The van der Waals surface area contributed by atoms with Crippen LogP contribution >= 0.6 is 0 Å². The van der Waals surface area contributed by atoms with Crippen molar-refractivity contribution in [2.75, 3.05) is 44.7 Å². The molecule has 0 spiro atoms. The number of amides is 1. The molecule has 1 amide bonds. The van der Waals surface area contributed by atoms with Crippen LogP contribution in [0, 0.1) is 19.7 Å². The SMILES string of the molecule is COc1ccc(F)cc1-c1nc(C)c(COc2cc(C(C)C)ccc2C)c(N2CCN(CC(N)=O)CC2)n1. The molecule has 1 fully saturated rings. The molecule has 0 aliphatic carbocycles. The molecule has 4 rings (SSSR count). The van der Waals surface area contributed by atoms with Crippen molar-refractivity contribution in [3.63, 3.8) is 0 Å². The first-order chi connectivity index (χ1) is 18.2. The molecule has 38 heavy (non-hydrogen) atoms. The third-order valence-electron chi connectivity index (χ3n) is 6.90. The van der Waals surface area contributed by atoms with Gasteiger partial charge in [0.05, 0.1) is 30.5 Å². The van der Waals surface area contributed by atoms with Crippen LogP contribution in [0.15, 0.2) is 36.4 Å². The van der Waals surface area contributed by atoms with Gasteiger partial charge in [0, 0.05) is 26.2 Å². The summed E-state index contributed by atoms with van der Waals surface area (Å²) in [5.41, 5.74) is 9.75. The molecule has 2 N–H and O–H groups in total. The van der Waals surface area contributed by atoms with Crippen molar-refractivity contribution in [2.24, 2.45) is 5.73 Å². The molecule has 1 aliphatic heterocycles. The van der Waals surface area contributed by atoms with Crippen LogP contribution in [0.4, 0.5) is 10.2 Å². The Hall–Kier alpha value is -3.72. The molecule has 1 aromatic heterocycles. The monoisotopic (exact) mass is 521 g/mol. The maximum Gasteiger partial charge on any atom is 0.231 e. The average molecular weight is 522 g/mol. The van der Waals surface area contributed by atoms with E-state index in [1.165, 1.54) is 24.8 Å². The maximum atomic E-state index is 14.2. The molecule has 0 saturated carbocycles. The van der Waals surface area contributed by atoms with Crippen LogP contribution in [0.2, 0.25) is 0 Å². The number of halogens is 1. The van der Waals surface area contributed by atoms with Gasteiger partial charge in [-0.2, -0.15) is 0 Å². The average Bonchev–Trinajstić information content (AvgIpc) is 2.88. The summed E-state index contributed by atoms with van der Waals surface area (Å²) in [6.45, 7) is 11.4. The van der Waals surface area contributed by atoms with Crippen LogP contribution < -0.4 is 20.1 Å². The number of aryl methyl sites for hydroxylation is 2. The van der Waals surface area contributed by atoms with Gasteiger partial charge < -0.3 is 20.1 Å². The highest BCUT2D eigenvalue weighted by Gasteiger charge is 2.25. The number of aromatic nitrogens is 2. The van der Waals surface area contributed by atoms with E-state index >= 15 is 0 Å². The second kappa shape index (κ2) is 11.8. The van der Waals surface area contributed by atoms with E-state index in [2.05, 4.69) is 36.9 Å². The number of nitrogens with zero attached hydrogens (tertiary/aromatic N) is 4. The normalized spacial score (nSPS) is 14.1. The van der Waals surface area contributed by atoms with Crippen molar-refractivity contribution < 1.29 is 18.7 Å². The van der Waals surface area contributed by atoms with Gasteiger partial charge in [0.2, 0.25) is 5.91 Å². The van der Waals surface area contributed by atoms with Crippen molar-refractivity contribution in [3.05, 3.63) is 64.6 Å². The van der Waals surface area contributed by atoms with Gasteiger partial charge in [0.1, 0.15) is 29.7 Å². The zero-order valence-corrected chi connectivity index (χ0v) is 22.8. The Balaban J connectivity index is 1.71. The summed E-state index contributed by atoms with van der Waals surface area (Å²) >= 11 is 0. The summed E-state index contributed by atoms with van der Waals surface area (Å²) in [5.74, 6) is 2.08. The summed E-state index contributed by atoms with van der Waals surface area (Å²) in [6, 6.07) is 10.6. The van der Waals surface area contributed by atoms with Crippen molar-refractivity contribution in [1.82, 2.24) is 14.9 Å². The summed E-state index contributed by atoms with van der Waals surface area (Å²) in [6.07, 6.45) is 0. The van der Waals surface area contributed by atoms with Crippen molar-refractivity contribution in [2.45, 2.75) is 40.2 Å². The lowest BCUT2D eigenvalue weighted by Gasteiger charge is -2.36. The van der Waals surface area contributed by atoms with Gasteiger partial charge in [0.15, 0.2) is 5.82 Å². The number of ether oxygens (including phenoxy) is 2. The van der Waals surface area contributed by atoms with E-state index in [9.17, 15) is 9.18 Å². The van der Waals surface area contributed by atoms with Gasteiger partial charge >= 0.3 is 0 Å². The predicted octanol–water partition coefficient (Wildman–Crippen LogP) is 4.22. The molecule has 2 aromatic carbocycles.